The van der Waals surface area contributed by atoms with E-state index in [4.69, 9.17) is 10.7 Å². The van der Waals surface area contributed by atoms with Gasteiger partial charge in [-0.3, -0.25) is 14.9 Å². The van der Waals surface area contributed by atoms with Gasteiger partial charge in [0.25, 0.3) is 14.7 Å². The average Bonchev–Trinajstić information content (AvgIpc) is 2.27. The van der Waals surface area contributed by atoms with Gasteiger partial charge >= 0.3 is 0 Å². The van der Waals surface area contributed by atoms with Crippen LogP contribution in [0.3, 0.4) is 0 Å². The number of ketones is 1. The predicted molar refractivity (Wildman–Crippen MR) is 65.4 cm³/mol. The first-order chi connectivity index (χ1) is 8.25. The molecule has 0 aliphatic rings. The van der Waals surface area contributed by atoms with Crippen LogP contribution in [0.1, 0.15) is 30.1 Å². The van der Waals surface area contributed by atoms with Crippen LogP contribution in [0.15, 0.2) is 23.1 Å². The van der Waals surface area contributed by atoms with Gasteiger partial charge < -0.3 is 0 Å². The van der Waals surface area contributed by atoms with Crippen LogP contribution in [0, 0.1) is 10.1 Å². The molecule has 0 bridgehead atoms. The minimum absolute atomic E-state index is 0.0229. The van der Waals surface area contributed by atoms with Gasteiger partial charge in [-0.2, -0.15) is 0 Å². The highest BCUT2D eigenvalue weighted by Gasteiger charge is 2.19. The minimum Gasteiger partial charge on any atom is -0.294 e. The molecule has 0 atom stereocenters. The molecule has 0 aromatic heterocycles. The second kappa shape index (κ2) is 5.45. The van der Waals surface area contributed by atoms with Crippen LogP contribution in [0.4, 0.5) is 5.69 Å². The van der Waals surface area contributed by atoms with Crippen LogP contribution in [0.2, 0.25) is 0 Å². The Bertz CT molecular complexity index is 596. The number of halogens is 1. The number of benzene rings is 1. The number of nitrogens with zero attached hydrogens (tertiary/aromatic N) is 1. The zero-order chi connectivity index (χ0) is 13.9. The molecule has 0 saturated carbocycles. The van der Waals surface area contributed by atoms with Gasteiger partial charge in [0.2, 0.25) is 0 Å². The number of hydrogen-bond donors (Lipinski definition) is 0. The lowest BCUT2D eigenvalue weighted by Gasteiger charge is -2.02. The van der Waals surface area contributed by atoms with Gasteiger partial charge in [-0.25, -0.2) is 8.42 Å². The van der Waals surface area contributed by atoms with Crippen LogP contribution in [-0.4, -0.2) is 19.1 Å². The van der Waals surface area contributed by atoms with Crippen molar-refractivity contribution in [2.45, 2.75) is 24.7 Å². The Kier molecular flexibility index (Phi) is 4.42. The van der Waals surface area contributed by atoms with E-state index in [0.29, 0.717) is 6.42 Å². The van der Waals surface area contributed by atoms with Crippen LogP contribution >= 0.6 is 10.7 Å². The Morgan fingerprint density at radius 2 is 2.00 bits per heavy atom. The maximum atomic E-state index is 11.6. The summed E-state index contributed by atoms with van der Waals surface area (Å²) in [5.74, 6) is -0.359. The Labute approximate surface area is 108 Å². The molecule has 0 amide bonds. The van der Waals surface area contributed by atoms with Gasteiger partial charge in [0, 0.05) is 34.8 Å². The van der Waals surface area contributed by atoms with Gasteiger partial charge in [0.15, 0.2) is 5.78 Å². The average molecular weight is 292 g/mol. The summed E-state index contributed by atoms with van der Waals surface area (Å²) >= 11 is 0. The molecule has 1 rings (SSSR count). The topological polar surface area (TPSA) is 94.3 Å². The van der Waals surface area contributed by atoms with Gasteiger partial charge in [0.05, 0.1) is 9.82 Å². The van der Waals surface area contributed by atoms with Gasteiger partial charge in [0.1, 0.15) is 0 Å². The number of Topliss-reactive ketones (excluding diaryl/α,β-unsaturated/α-hetero) is 1. The smallest absolute Gasteiger partial charge is 0.271 e. The maximum absolute atomic E-state index is 11.6. The first-order valence-electron chi connectivity index (χ1n) is 5.03. The molecule has 0 aliphatic heterocycles. The summed E-state index contributed by atoms with van der Waals surface area (Å²) in [6, 6.07) is 2.92. The second-order valence-corrected chi connectivity index (χ2v) is 6.15. The lowest BCUT2D eigenvalue weighted by atomic mass is 10.1. The van der Waals surface area contributed by atoms with Crippen molar-refractivity contribution in [3.63, 3.8) is 0 Å². The Hall–Kier alpha value is -1.47. The third-order valence-corrected chi connectivity index (χ3v) is 3.52. The molecule has 18 heavy (non-hydrogen) atoms. The van der Waals surface area contributed by atoms with E-state index in [0.717, 1.165) is 18.2 Å². The molecule has 0 unspecified atom stereocenters. The normalized spacial score (nSPS) is 11.2. The molecule has 98 valence electrons. The third-order valence-electron chi connectivity index (χ3n) is 2.18. The molecule has 1 aromatic carbocycles. The quantitative estimate of drug-likeness (QED) is 0.359. The van der Waals surface area contributed by atoms with Crippen molar-refractivity contribution in [3.8, 4) is 0 Å². The Morgan fingerprint density at radius 1 is 1.39 bits per heavy atom. The van der Waals surface area contributed by atoms with Crippen LogP contribution in [-0.2, 0) is 9.05 Å². The molecule has 0 aliphatic carbocycles. The summed E-state index contributed by atoms with van der Waals surface area (Å²) in [6.07, 6.45) is 0.743. The number of carbonyl (C=O) groups excluding carboxylic acids is 1. The summed E-state index contributed by atoms with van der Waals surface area (Å²) in [6.45, 7) is 1.77. The molecule has 1 aromatic rings. The highest BCUT2D eigenvalue weighted by molar-refractivity contribution is 8.13. The fourth-order valence-corrected chi connectivity index (χ4v) is 2.16. The summed E-state index contributed by atoms with van der Waals surface area (Å²) in [5.41, 5.74) is -0.499. The van der Waals surface area contributed by atoms with Crippen molar-refractivity contribution >= 4 is 31.2 Å². The largest absolute Gasteiger partial charge is 0.294 e. The molecular weight excluding hydrogens is 282 g/mol. The van der Waals surface area contributed by atoms with Crippen LogP contribution < -0.4 is 0 Å². The van der Waals surface area contributed by atoms with E-state index in [9.17, 15) is 23.3 Å². The van der Waals surface area contributed by atoms with E-state index in [-0.39, 0.29) is 17.8 Å². The predicted octanol–water partition coefficient (Wildman–Crippen LogP) is 2.51. The molecule has 0 radical (unpaired) electrons. The maximum Gasteiger partial charge on any atom is 0.271 e. The molecule has 0 saturated heterocycles. The van der Waals surface area contributed by atoms with E-state index in [1.807, 2.05) is 0 Å². The molecule has 0 fully saturated rings. The fraction of sp³-hybridized carbons (Fsp3) is 0.300. The number of hydrogen-bond acceptors (Lipinski definition) is 5. The minimum atomic E-state index is -4.11. The Morgan fingerprint density at radius 3 is 2.44 bits per heavy atom. The molecule has 0 spiro atoms. The zero-order valence-electron chi connectivity index (χ0n) is 9.42. The van der Waals surface area contributed by atoms with E-state index < -0.39 is 24.6 Å². The highest BCUT2D eigenvalue weighted by Crippen LogP contribution is 2.24. The first kappa shape index (κ1) is 14.6. The number of nitro groups is 1. The fourth-order valence-electron chi connectivity index (χ4n) is 1.36. The monoisotopic (exact) mass is 291 g/mol. The van der Waals surface area contributed by atoms with Crippen LogP contribution in [0.25, 0.3) is 0 Å². The van der Waals surface area contributed by atoms with Crippen molar-refractivity contribution < 1.29 is 18.1 Å². The van der Waals surface area contributed by atoms with Gasteiger partial charge in [-0.15, -0.1) is 0 Å². The van der Waals surface area contributed by atoms with E-state index in [2.05, 4.69) is 0 Å². The number of non-ortho nitro benzene ring substituents is 1. The Balaban J connectivity index is 3.41. The van der Waals surface area contributed by atoms with E-state index in [1.165, 1.54) is 0 Å². The molecular formula is C10H10ClNO5S. The lowest BCUT2D eigenvalue weighted by molar-refractivity contribution is -0.385. The first-order valence-corrected chi connectivity index (χ1v) is 7.34. The molecule has 6 nitrogen and oxygen atoms in total. The summed E-state index contributed by atoms with van der Waals surface area (Å²) < 4.78 is 22.3. The highest BCUT2D eigenvalue weighted by atomic mass is 35.7. The zero-order valence-corrected chi connectivity index (χ0v) is 11.0. The standard InChI is InChI=1S/C10H10ClNO5S/c1-2-3-10(13)7-4-8(12(14)15)6-9(5-7)18(11,16)17/h4-6H,2-3H2,1H3. The molecule has 8 heteroatoms. The summed E-state index contributed by atoms with van der Waals surface area (Å²) in [4.78, 5) is 21.1. The summed E-state index contributed by atoms with van der Waals surface area (Å²) in [7, 11) is 1.01. The van der Waals surface area contributed by atoms with E-state index in [1.54, 1.807) is 6.92 Å². The van der Waals surface area contributed by atoms with Crippen LogP contribution in [0.5, 0.6) is 0 Å². The second-order valence-electron chi connectivity index (χ2n) is 3.58. The van der Waals surface area contributed by atoms with Crippen molar-refractivity contribution in [1.82, 2.24) is 0 Å². The molecule has 0 N–H and O–H groups in total. The number of rotatable bonds is 5. The van der Waals surface area contributed by atoms with E-state index >= 15 is 0 Å². The summed E-state index contributed by atoms with van der Waals surface area (Å²) in [5, 5.41) is 10.7. The van der Waals surface area contributed by atoms with Crippen molar-refractivity contribution in [2.75, 3.05) is 0 Å². The SMILES string of the molecule is CCCC(=O)c1cc([N+](=O)[O-])cc(S(=O)(=O)Cl)c1. The van der Waals surface area contributed by atoms with Crippen molar-refractivity contribution in [1.29, 1.82) is 0 Å². The van der Waals surface area contributed by atoms with Gasteiger partial charge in [-0.05, 0) is 12.5 Å². The number of carbonyl (C=O) groups is 1. The third kappa shape index (κ3) is 3.51. The van der Waals surface area contributed by atoms with Crippen molar-refractivity contribution in [3.05, 3.63) is 33.9 Å². The van der Waals surface area contributed by atoms with Gasteiger partial charge in [-0.1, -0.05) is 6.92 Å². The lowest BCUT2D eigenvalue weighted by Crippen LogP contribution is -2.03. The van der Waals surface area contributed by atoms with Crippen molar-refractivity contribution in [2.24, 2.45) is 0 Å². The number of nitro benzene ring substituents is 1. The molecule has 0 heterocycles.